The summed E-state index contributed by atoms with van der Waals surface area (Å²) in [7, 11) is -0.216. The highest BCUT2D eigenvalue weighted by Crippen LogP contribution is 2.31. The predicted octanol–water partition coefficient (Wildman–Crippen LogP) is 3.98. The molecule has 2 aromatic rings. The van der Waals surface area contributed by atoms with Gasteiger partial charge in [0.05, 0.1) is 20.3 Å². The molecule has 0 bridgehead atoms. The van der Waals surface area contributed by atoms with Gasteiger partial charge in [0.15, 0.2) is 23.0 Å². The summed E-state index contributed by atoms with van der Waals surface area (Å²) in [6, 6.07) is 9.26. The van der Waals surface area contributed by atoms with Crippen LogP contribution in [0.25, 0.3) is 0 Å². The fourth-order valence-corrected chi connectivity index (χ4v) is 3.72. The monoisotopic (exact) mass is 457 g/mol. The number of halogens is 2. The van der Waals surface area contributed by atoms with Gasteiger partial charge in [-0.1, -0.05) is 6.07 Å². The summed E-state index contributed by atoms with van der Waals surface area (Å²) < 4.78 is 57.6. The van der Waals surface area contributed by atoms with Crippen LogP contribution in [-0.2, 0) is 21.3 Å². The molecule has 0 unspecified atom stereocenters. The molecule has 0 heterocycles. The van der Waals surface area contributed by atoms with E-state index in [1.807, 2.05) is 13.8 Å². The van der Waals surface area contributed by atoms with Gasteiger partial charge in [0.1, 0.15) is 5.75 Å². The quantitative estimate of drug-likeness (QED) is 0.519. The molecule has 1 atom stereocenters. The van der Waals surface area contributed by atoms with E-state index < -0.39 is 23.3 Å². The lowest BCUT2D eigenvalue weighted by Crippen LogP contribution is -2.20. The first-order chi connectivity index (χ1) is 14.9. The Kier molecular flexibility index (Phi) is 9.51. The fourth-order valence-electron chi connectivity index (χ4n) is 2.70. The molecular weight excluding hydrogens is 432 g/mol. The van der Waals surface area contributed by atoms with Crippen molar-refractivity contribution >= 4 is 22.4 Å². The van der Waals surface area contributed by atoms with Crippen molar-refractivity contribution in [2.45, 2.75) is 26.2 Å². The number of methoxy groups -OCH3 is 1. The standard InChI is InChI=1S/C21H25F2NO6S/c1-4-28-16-9-7-15(11-19(16)29-5-2)24-20(25)13-31(26)12-14-6-8-17(30-21(22)23)18(10-14)27-3/h6-11,21H,4-5,12-13H2,1-3H3,(H,24,25)/t31-/m0/s1. The van der Waals surface area contributed by atoms with E-state index in [-0.39, 0.29) is 23.0 Å². The number of nitrogens with one attached hydrogen (secondary N) is 1. The van der Waals surface area contributed by atoms with E-state index in [1.54, 1.807) is 18.2 Å². The van der Waals surface area contributed by atoms with Crippen LogP contribution in [0.15, 0.2) is 36.4 Å². The molecule has 0 spiro atoms. The minimum atomic E-state index is -2.98. The van der Waals surface area contributed by atoms with E-state index in [0.29, 0.717) is 36.0 Å². The summed E-state index contributed by atoms with van der Waals surface area (Å²) in [6.07, 6.45) is 0. The predicted molar refractivity (Wildman–Crippen MR) is 114 cm³/mol. The number of alkyl halides is 2. The third-order valence-electron chi connectivity index (χ3n) is 3.89. The van der Waals surface area contributed by atoms with Crippen molar-refractivity contribution < 1.29 is 36.7 Å². The third kappa shape index (κ3) is 7.71. The molecule has 0 saturated carbocycles. The second kappa shape index (κ2) is 12.1. The highest BCUT2D eigenvalue weighted by atomic mass is 32.2. The smallest absolute Gasteiger partial charge is 0.387 e. The molecule has 1 amide bonds. The number of hydrogen-bond donors (Lipinski definition) is 1. The summed E-state index contributed by atoms with van der Waals surface area (Å²) >= 11 is 0. The minimum absolute atomic E-state index is 0.0478. The van der Waals surface area contributed by atoms with Crippen LogP contribution in [0.1, 0.15) is 19.4 Å². The Hall–Kier alpha value is -2.88. The molecule has 0 aliphatic heterocycles. The van der Waals surface area contributed by atoms with Gasteiger partial charge in [-0.2, -0.15) is 8.78 Å². The van der Waals surface area contributed by atoms with E-state index in [0.717, 1.165) is 0 Å². The summed E-state index contributed by atoms with van der Waals surface area (Å²) in [5.41, 5.74) is 1.05. The molecule has 0 saturated heterocycles. The van der Waals surface area contributed by atoms with Gasteiger partial charge >= 0.3 is 6.61 Å². The average Bonchev–Trinajstić information content (AvgIpc) is 2.70. The van der Waals surface area contributed by atoms with E-state index >= 15 is 0 Å². The summed E-state index contributed by atoms with van der Waals surface area (Å²) in [4.78, 5) is 12.3. The lowest BCUT2D eigenvalue weighted by Gasteiger charge is -2.13. The van der Waals surface area contributed by atoms with Gasteiger partial charge in [0, 0.05) is 28.3 Å². The molecule has 7 nitrogen and oxygen atoms in total. The van der Waals surface area contributed by atoms with Crippen molar-refractivity contribution in [3.05, 3.63) is 42.0 Å². The van der Waals surface area contributed by atoms with Gasteiger partial charge in [0.25, 0.3) is 0 Å². The van der Waals surface area contributed by atoms with Crippen LogP contribution in [-0.4, -0.2) is 42.8 Å². The number of ether oxygens (including phenoxy) is 4. The van der Waals surface area contributed by atoms with Gasteiger partial charge < -0.3 is 24.3 Å². The molecule has 0 aromatic heterocycles. The highest BCUT2D eigenvalue weighted by molar-refractivity contribution is 7.84. The maximum atomic E-state index is 12.4. The van der Waals surface area contributed by atoms with E-state index in [4.69, 9.17) is 14.2 Å². The molecule has 170 valence electrons. The van der Waals surface area contributed by atoms with Crippen LogP contribution in [0.5, 0.6) is 23.0 Å². The maximum absolute atomic E-state index is 12.4. The molecule has 0 radical (unpaired) electrons. The highest BCUT2D eigenvalue weighted by Gasteiger charge is 2.15. The normalized spacial score (nSPS) is 11.7. The van der Waals surface area contributed by atoms with Crippen LogP contribution >= 0.6 is 0 Å². The van der Waals surface area contributed by atoms with Crippen LogP contribution in [0.2, 0.25) is 0 Å². The number of carbonyl (C=O) groups excluding carboxylic acids is 1. The minimum Gasteiger partial charge on any atom is -0.493 e. The van der Waals surface area contributed by atoms with Gasteiger partial charge in [-0.3, -0.25) is 9.00 Å². The number of rotatable bonds is 12. The number of benzene rings is 2. The van der Waals surface area contributed by atoms with Crippen LogP contribution in [0, 0.1) is 0 Å². The number of anilines is 1. The molecule has 10 heteroatoms. The van der Waals surface area contributed by atoms with Crippen LogP contribution < -0.4 is 24.3 Å². The molecule has 0 aliphatic rings. The second-order valence-electron chi connectivity index (χ2n) is 6.17. The summed E-state index contributed by atoms with van der Waals surface area (Å²) in [6.45, 7) is 1.63. The second-order valence-corrected chi connectivity index (χ2v) is 7.62. The first-order valence-electron chi connectivity index (χ1n) is 9.52. The third-order valence-corrected chi connectivity index (χ3v) is 5.13. The Labute approximate surface area is 182 Å². The van der Waals surface area contributed by atoms with Crippen molar-refractivity contribution in [1.29, 1.82) is 0 Å². The van der Waals surface area contributed by atoms with Crippen molar-refractivity contribution in [3.63, 3.8) is 0 Å². The zero-order chi connectivity index (χ0) is 22.8. The molecule has 1 N–H and O–H groups in total. The van der Waals surface area contributed by atoms with Gasteiger partial charge in [-0.25, -0.2) is 0 Å². The Morgan fingerprint density at radius 2 is 1.68 bits per heavy atom. The molecule has 0 fully saturated rings. The summed E-state index contributed by atoms with van der Waals surface area (Å²) in [5, 5.41) is 2.68. The number of amides is 1. The first-order valence-corrected chi connectivity index (χ1v) is 11.0. The Balaban J connectivity index is 1.98. The van der Waals surface area contributed by atoms with E-state index in [2.05, 4.69) is 10.1 Å². The van der Waals surface area contributed by atoms with E-state index in [9.17, 15) is 17.8 Å². The first kappa shape index (κ1) is 24.4. The largest absolute Gasteiger partial charge is 0.493 e. The molecule has 0 aliphatic carbocycles. The lowest BCUT2D eigenvalue weighted by molar-refractivity contribution is -0.113. The molecule has 31 heavy (non-hydrogen) atoms. The van der Waals surface area contributed by atoms with Crippen LogP contribution in [0.3, 0.4) is 0 Å². The Morgan fingerprint density at radius 3 is 2.32 bits per heavy atom. The topological polar surface area (TPSA) is 83.1 Å². The summed E-state index contributed by atoms with van der Waals surface area (Å²) in [5.74, 6) is 0.415. The van der Waals surface area contributed by atoms with Crippen LogP contribution in [0.4, 0.5) is 14.5 Å². The average molecular weight is 457 g/mol. The Morgan fingerprint density at radius 1 is 1.00 bits per heavy atom. The van der Waals surface area contributed by atoms with Crippen molar-refractivity contribution in [2.75, 3.05) is 31.4 Å². The zero-order valence-electron chi connectivity index (χ0n) is 17.5. The SMILES string of the molecule is CCOc1ccc(NC(=O)C[S@@](=O)Cc2ccc(OC(F)F)c(OC)c2)cc1OCC. The van der Waals surface area contributed by atoms with Crippen molar-refractivity contribution in [3.8, 4) is 23.0 Å². The lowest BCUT2D eigenvalue weighted by atomic mass is 10.2. The maximum Gasteiger partial charge on any atom is 0.387 e. The fraction of sp³-hybridized carbons (Fsp3) is 0.381. The Bertz CT molecular complexity index is 909. The van der Waals surface area contributed by atoms with Gasteiger partial charge in [0.2, 0.25) is 5.91 Å². The molecule has 2 rings (SSSR count). The molecule has 2 aromatic carbocycles. The molecular formula is C21H25F2NO6S. The van der Waals surface area contributed by atoms with Gasteiger partial charge in [-0.15, -0.1) is 0 Å². The van der Waals surface area contributed by atoms with Gasteiger partial charge in [-0.05, 0) is 43.7 Å². The zero-order valence-corrected chi connectivity index (χ0v) is 18.3. The number of carbonyl (C=O) groups is 1. The van der Waals surface area contributed by atoms with Crippen molar-refractivity contribution in [1.82, 2.24) is 0 Å². The van der Waals surface area contributed by atoms with E-state index in [1.165, 1.54) is 25.3 Å². The number of hydrogen-bond acceptors (Lipinski definition) is 6. The van der Waals surface area contributed by atoms with Crippen molar-refractivity contribution in [2.24, 2.45) is 0 Å².